The average Bonchev–Trinajstić information content (AvgIpc) is 3.35. The molecule has 0 radical (unpaired) electrons. The number of carbonyl (C=O) groups excluding carboxylic acids is 2. The molecule has 2 heterocycles. The summed E-state index contributed by atoms with van der Waals surface area (Å²) in [5.41, 5.74) is 0.237. The van der Waals surface area contributed by atoms with E-state index in [4.69, 9.17) is 16.3 Å². The Morgan fingerprint density at radius 2 is 1.89 bits per heavy atom. The van der Waals surface area contributed by atoms with E-state index in [1.54, 1.807) is 24.3 Å². The van der Waals surface area contributed by atoms with E-state index in [9.17, 15) is 19.5 Å². The predicted molar refractivity (Wildman–Crippen MR) is 144 cm³/mol. The largest absolute Gasteiger partial charge is 0.496 e. The van der Waals surface area contributed by atoms with E-state index in [0.717, 1.165) is 47.0 Å². The van der Waals surface area contributed by atoms with Crippen molar-refractivity contribution >= 4 is 51.0 Å². The Morgan fingerprint density at radius 1 is 1.16 bits per heavy atom. The van der Waals surface area contributed by atoms with Gasteiger partial charge in [-0.2, -0.15) is 0 Å². The van der Waals surface area contributed by atoms with Crippen LogP contribution in [0.5, 0.6) is 5.75 Å². The van der Waals surface area contributed by atoms with Crippen molar-refractivity contribution in [3.8, 4) is 5.75 Å². The number of imide groups is 1. The summed E-state index contributed by atoms with van der Waals surface area (Å²) < 4.78 is 6.37. The van der Waals surface area contributed by atoms with Gasteiger partial charge in [-0.3, -0.25) is 19.7 Å². The van der Waals surface area contributed by atoms with E-state index in [1.807, 2.05) is 19.1 Å². The van der Waals surface area contributed by atoms with Gasteiger partial charge in [0.15, 0.2) is 0 Å². The lowest BCUT2D eigenvalue weighted by Gasteiger charge is -2.35. The average molecular weight is 590 g/mol. The van der Waals surface area contributed by atoms with Crippen LogP contribution in [0.1, 0.15) is 55.7 Å². The number of anilines is 1. The standard InChI is InChI=1S/C28H30BrClN2O5/c1-15-8-10-18(13-20(15)30)32-25(33)22-23(26(32)34)28(27(35)36,14-16-6-4-3-5-7-16)31-24(22)19-12-17(29)9-11-21(19)37-2/h8-13,16,22-24,31H,3-7,14H2,1-2H3,(H,35,36). The molecule has 2 saturated heterocycles. The number of halogens is 2. The molecule has 1 saturated carbocycles. The van der Waals surface area contributed by atoms with Crippen LogP contribution in [0.25, 0.3) is 0 Å². The Bertz CT molecular complexity index is 1260. The van der Waals surface area contributed by atoms with E-state index in [2.05, 4.69) is 21.2 Å². The summed E-state index contributed by atoms with van der Waals surface area (Å²) >= 11 is 9.84. The normalized spacial score (nSPS) is 28.0. The molecule has 3 aliphatic rings. The Labute approximate surface area is 229 Å². The van der Waals surface area contributed by atoms with Gasteiger partial charge >= 0.3 is 5.97 Å². The van der Waals surface area contributed by atoms with E-state index in [-0.39, 0.29) is 12.3 Å². The van der Waals surface area contributed by atoms with Crippen LogP contribution in [0.3, 0.4) is 0 Å². The summed E-state index contributed by atoms with van der Waals surface area (Å²) in [7, 11) is 1.54. The van der Waals surface area contributed by atoms with Crippen molar-refractivity contribution in [2.75, 3.05) is 12.0 Å². The molecule has 37 heavy (non-hydrogen) atoms. The number of benzene rings is 2. The van der Waals surface area contributed by atoms with Crippen LogP contribution in [0.15, 0.2) is 40.9 Å². The summed E-state index contributed by atoms with van der Waals surface area (Å²) in [6.07, 6.45) is 5.33. The number of carbonyl (C=O) groups is 3. The zero-order valence-corrected chi connectivity index (χ0v) is 23.1. The fraction of sp³-hybridized carbons (Fsp3) is 0.464. The molecule has 5 rings (SSSR count). The van der Waals surface area contributed by atoms with Gasteiger partial charge < -0.3 is 9.84 Å². The number of nitrogens with zero attached hydrogens (tertiary/aromatic N) is 1. The number of aryl methyl sites for hydroxylation is 1. The molecule has 2 amide bonds. The Morgan fingerprint density at radius 3 is 2.54 bits per heavy atom. The highest BCUT2D eigenvalue weighted by Gasteiger charge is 2.69. The van der Waals surface area contributed by atoms with Crippen molar-refractivity contribution in [2.45, 2.75) is 57.0 Å². The number of nitrogens with one attached hydrogen (secondary N) is 1. The van der Waals surface area contributed by atoms with Gasteiger partial charge in [0, 0.05) is 21.1 Å². The molecular formula is C28H30BrClN2O5. The number of amides is 2. The summed E-state index contributed by atoms with van der Waals surface area (Å²) in [6, 6.07) is 9.74. The second kappa shape index (κ2) is 10.0. The van der Waals surface area contributed by atoms with E-state index >= 15 is 0 Å². The topological polar surface area (TPSA) is 95.9 Å². The Kier molecular flexibility index (Phi) is 7.11. The molecule has 9 heteroatoms. The molecule has 4 atom stereocenters. The molecule has 1 aliphatic carbocycles. The molecule has 2 N–H and O–H groups in total. The SMILES string of the molecule is COc1ccc(Br)cc1C1NC(CC2CCCCC2)(C(=O)O)C2C(=O)N(c3ccc(C)c(Cl)c3)C(=O)C12. The minimum atomic E-state index is -1.58. The molecule has 7 nitrogen and oxygen atoms in total. The molecule has 3 fully saturated rings. The first-order valence-corrected chi connectivity index (χ1v) is 13.8. The van der Waals surface area contributed by atoms with Crippen molar-refractivity contribution in [1.29, 1.82) is 0 Å². The summed E-state index contributed by atoms with van der Waals surface area (Å²) in [5.74, 6) is -3.32. The van der Waals surface area contributed by atoms with Crippen molar-refractivity contribution in [3.63, 3.8) is 0 Å². The number of hydrogen-bond donors (Lipinski definition) is 2. The number of ether oxygens (including phenoxy) is 1. The number of methoxy groups -OCH3 is 1. The monoisotopic (exact) mass is 588 g/mol. The van der Waals surface area contributed by atoms with Crippen molar-refractivity contribution in [2.24, 2.45) is 17.8 Å². The summed E-state index contributed by atoms with van der Waals surface area (Å²) in [5, 5.41) is 14.5. The van der Waals surface area contributed by atoms with Gasteiger partial charge in [-0.1, -0.05) is 65.7 Å². The third-order valence-electron chi connectivity index (χ3n) is 8.31. The minimum Gasteiger partial charge on any atom is -0.496 e. The molecule has 4 unspecified atom stereocenters. The summed E-state index contributed by atoms with van der Waals surface area (Å²) in [4.78, 5) is 42.4. The number of carboxylic acids is 1. The second-order valence-electron chi connectivity index (χ2n) is 10.4. The van der Waals surface area contributed by atoms with Gasteiger partial charge in [0.05, 0.1) is 24.6 Å². The zero-order chi connectivity index (χ0) is 26.5. The molecular weight excluding hydrogens is 560 g/mol. The minimum absolute atomic E-state index is 0.159. The number of hydrogen-bond acceptors (Lipinski definition) is 5. The van der Waals surface area contributed by atoms with Gasteiger partial charge in [-0.05, 0) is 55.2 Å². The molecule has 0 aromatic heterocycles. The smallest absolute Gasteiger partial charge is 0.324 e. The third-order valence-corrected chi connectivity index (χ3v) is 9.21. The summed E-state index contributed by atoms with van der Waals surface area (Å²) in [6.45, 7) is 1.84. The highest BCUT2D eigenvalue weighted by molar-refractivity contribution is 9.10. The number of carboxylic acid groups (broad SMARTS) is 1. The lowest BCUT2D eigenvalue weighted by molar-refractivity contribution is -0.150. The maximum atomic E-state index is 14.1. The van der Waals surface area contributed by atoms with Gasteiger partial charge in [-0.25, -0.2) is 4.90 Å². The number of aliphatic carboxylic acids is 1. The van der Waals surface area contributed by atoms with Gasteiger partial charge in [0.2, 0.25) is 11.8 Å². The van der Waals surface area contributed by atoms with E-state index in [0.29, 0.717) is 22.0 Å². The fourth-order valence-electron chi connectivity index (χ4n) is 6.51. The first kappa shape index (κ1) is 26.2. The molecule has 2 aromatic carbocycles. The van der Waals surface area contributed by atoms with Crippen LogP contribution >= 0.6 is 27.5 Å². The van der Waals surface area contributed by atoms with Crippen LogP contribution < -0.4 is 15.0 Å². The molecule has 2 aromatic rings. The van der Waals surface area contributed by atoms with Crippen molar-refractivity contribution < 1.29 is 24.2 Å². The highest BCUT2D eigenvalue weighted by Crippen LogP contribution is 2.54. The predicted octanol–water partition coefficient (Wildman–Crippen LogP) is 5.66. The Hall–Kier alpha value is -2.42. The first-order chi connectivity index (χ1) is 17.7. The second-order valence-corrected chi connectivity index (χ2v) is 11.8. The van der Waals surface area contributed by atoms with E-state index < -0.39 is 41.2 Å². The van der Waals surface area contributed by atoms with Crippen LogP contribution in [0.4, 0.5) is 5.69 Å². The van der Waals surface area contributed by atoms with Gasteiger partial charge in [0.1, 0.15) is 11.3 Å². The lowest BCUT2D eigenvalue weighted by Crippen LogP contribution is -2.57. The Balaban J connectivity index is 1.66. The van der Waals surface area contributed by atoms with Crippen LogP contribution in [0, 0.1) is 24.7 Å². The third kappa shape index (κ3) is 4.37. The zero-order valence-electron chi connectivity index (χ0n) is 20.8. The lowest BCUT2D eigenvalue weighted by atomic mass is 9.72. The molecule has 0 bridgehead atoms. The number of fused-ring (bicyclic) bond motifs is 1. The maximum absolute atomic E-state index is 14.1. The quantitative estimate of drug-likeness (QED) is 0.422. The number of rotatable bonds is 6. The van der Waals surface area contributed by atoms with Crippen LogP contribution in [-0.4, -0.2) is 35.5 Å². The van der Waals surface area contributed by atoms with Crippen LogP contribution in [0.2, 0.25) is 5.02 Å². The molecule has 0 spiro atoms. The fourth-order valence-corrected chi connectivity index (χ4v) is 7.07. The van der Waals surface area contributed by atoms with Crippen LogP contribution in [-0.2, 0) is 14.4 Å². The van der Waals surface area contributed by atoms with Crippen molar-refractivity contribution in [3.05, 3.63) is 57.0 Å². The molecule has 2 aliphatic heterocycles. The highest BCUT2D eigenvalue weighted by atomic mass is 79.9. The van der Waals surface area contributed by atoms with E-state index in [1.165, 1.54) is 7.11 Å². The first-order valence-electron chi connectivity index (χ1n) is 12.7. The van der Waals surface area contributed by atoms with Gasteiger partial charge in [0.25, 0.3) is 0 Å². The molecule has 196 valence electrons. The van der Waals surface area contributed by atoms with Gasteiger partial charge in [-0.15, -0.1) is 0 Å². The van der Waals surface area contributed by atoms with Crippen molar-refractivity contribution in [1.82, 2.24) is 5.32 Å². The maximum Gasteiger partial charge on any atom is 0.324 e.